The Morgan fingerprint density at radius 1 is 1.00 bits per heavy atom. The molecule has 3 aromatic rings. The Morgan fingerprint density at radius 3 is 2.46 bits per heavy atom. The van der Waals surface area contributed by atoms with Crippen LogP contribution in [0.15, 0.2) is 54.6 Å². The van der Waals surface area contributed by atoms with Gasteiger partial charge in [-0.05, 0) is 25.1 Å². The molecule has 0 bridgehead atoms. The molecule has 0 aliphatic heterocycles. The van der Waals surface area contributed by atoms with Gasteiger partial charge in [0.15, 0.2) is 11.6 Å². The summed E-state index contributed by atoms with van der Waals surface area (Å²) in [6.45, 7) is 2.37. The topological polar surface area (TPSA) is 76.1 Å². The average Bonchev–Trinajstić information content (AvgIpc) is 2.69. The highest BCUT2D eigenvalue weighted by Crippen LogP contribution is 2.18. The van der Waals surface area contributed by atoms with Crippen LogP contribution in [0.5, 0.6) is 5.88 Å². The molecule has 3 rings (SSSR count). The SMILES string of the molecule is Cc1ccc(-c2ccc(OCCNC(=O)Nc3ccc(F)c(F)c3)nn2)cc1. The van der Waals surface area contributed by atoms with E-state index in [9.17, 15) is 13.6 Å². The highest BCUT2D eigenvalue weighted by molar-refractivity contribution is 5.89. The van der Waals surface area contributed by atoms with Crippen LogP contribution in [-0.4, -0.2) is 29.4 Å². The molecule has 0 radical (unpaired) electrons. The number of aromatic nitrogens is 2. The van der Waals surface area contributed by atoms with E-state index in [1.54, 1.807) is 12.1 Å². The Labute approximate surface area is 160 Å². The summed E-state index contributed by atoms with van der Waals surface area (Å²) in [5, 5.41) is 13.1. The monoisotopic (exact) mass is 384 g/mol. The summed E-state index contributed by atoms with van der Waals surface area (Å²) in [7, 11) is 0. The van der Waals surface area contributed by atoms with Crippen LogP contribution in [0.1, 0.15) is 5.56 Å². The summed E-state index contributed by atoms with van der Waals surface area (Å²) >= 11 is 0. The average molecular weight is 384 g/mol. The highest BCUT2D eigenvalue weighted by atomic mass is 19.2. The third-order valence-electron chi connectivity index (χ3n) is 3.80. The van der Waals surface area contributed by atoms with Gasteiger partial charge in [-0.3, -0.25) is 0 Å². The summed E-state index contributed by atoms with van der Waals surface area (Å²) in [6.07, 6.45) is 0. The third-order valence-corrected chi connectivity index (χ3v) is 3.80. The molecule has 144 valence electrons. The van der Waals surface area contributed by atoms with Crippen LogP contribution in [0, 0.1) is 18.6 Å². The van der Waals surface area contributed by atoms with Crippen molar-refractivity contribution in [3.8, 4) is 17.1 Å². The first-order valence-electron chi connectivity index (χ1n) is 8.55. The molecule has 0 saturated heterocycles. The molecule has 1 aromatic heterocycles. The van der Waals surface area contributed by atoms with E-state index in [1.807, 2.05) is 31.2 Å². The van der Waals surface area contributed by atoms with E-state index in [2.05, 4.69) is 20.8 Å². The molecule has 6 nitrogen and oxygen atoms in total. The third kappa shape index (κ3) is 5.23. The van der Waals surface area contributed by atoms with E-state index < -0.39 is 17.7 Å². The molecule has 0 fully saturated rings. The van der Waals surface area contributed by atoms with Crippen LogP contribution in [0.25, 0.3) is 11.3 Å². The Morgan fingerprint density at radius 2 is 1.79 bits per heavy atom. The number of ether oxygens (including phenoxy) is 1. The molecular formula is C20H18F2N4O2. The first-order valence-corrected chi connectivity index (χ1v) is 8.55. The quantitative estimate of drug-likeness (QED) is 0.632. The molecular weight excluding hydrogens is 366 g/mol. The van der Waals surface area contributed by atoms with Crippen LogP contribution in [-0.2, 0) is 0 Å². The maximum absolute atomic E-state index is 13.1. The number of rotatable bonds is 6. The number of nitrogens with one attached hydrogen (secondary N) is 2. The fourth-order valence-electron chi connectivity index (χ4n) is 2.34. The second-order valence-corrected chi connectivity index (χ2v) is 5.98. The lowest BCUT2D eigenvalue weighted by Gasteiger charge is -2.09. The van der Waals surface area contributed by atoms with Gasteiger partial charge in [0.05, 0.1) is 12.2 Å². The highest BCUT2D eigenvalue weighted by Gasteiger charge is 2.06. The number of anilines is 1. The molecule has 28 heavy (non-hydrogen) atoms. The first-order chi connectivity index (χ1) is 13.5. The van der Waals surface area contributed by atoms with Crippen molar-refractivity contribution in [3.63, 3.8) is 0 Å². The van der Waals surface area contributed by atoms with Crippen molar-refractivity contribution in [2.24, 2.45) is 0 Å². The Hall–Kier alpha value is -3.55. The van der Waals surface area contributed by atoms with Gasteiger partial charge in [0.1, 0.15) is 6.61 Å². The van der Waals surface area contributed by atoms with E-state index >= 15 is 0 Å². The fourth-order valence-corrected chi connectivity index (χ4v) is 2.34. The Kier molecular flexibility index (Phi) is 6.11. The van der Waals surface area contributed by atoms with Gasteiger partial charge in [-0.15, -0.1) is 10.2 Å². The smallest absolute Gasteiger partial charge is 0.319 e. The van der Waals surface area contributed by atoms with E-state index in [4.69, 9.17) is 4.74 Å². The van der Waals surface area contributed by atoms with Crippen LogP contribution >= 0.6 is 0 Å². The maximum Gasteiger partial charge on any atom is 0.319 e. The summed E-state index contributed by atoms with van der Waals surface area (Å²) in [6, 6.07) is 14.0. The van der Waals surface area contributed by atoms with Crippen molar-refractivity contribution in [1.82, 2.24) is 15.5 Å². The summed E-state index contributed by atoms with van der Waals surface area (Å²) < 4.78 is 31.4. The molecule has 0 unspecified atom stereocenters. The minimum atomic E-state index is -1.03. The van der Waals surface area contributed by atoms with E-state index in [0.29, 0.717) is 5.88 Å². The lowest BCUT2D eigenvalue weighted by Crippen LogP contribution is -2.32. The molecule has 2 aromatic carbocycles. The van der Waals surface area contributed by atoms with Gasteiger partial charge in [-0.1, -0.05) is 29.8 Å². The van der Waals surface area contributed by atoms with Crippen molar-refractivity contribution < 1.29 is 18.3 Å². The Balaban J connectivity index is 1.42. The number of hydrogen-bond donors (Lipinski definition) is 2. The molecule has 0 saturated carbocycles. The molecule has 0 atom stereocenters. The van der Waals surface area contributed by atoms with E-state index in [-0.39, 0.29) is 18.8 Å². The number of benzene rings is 2. The number of aryl methyl sites for hydroxylation is 1. The lowest BCUT2D eigenvalue weighted by atomic mass is 10.1. The first kappa shape index (κ1) is 19.2. The van der Waals surface area contributed by atoms with Crippen molar-refractivity contribution in [2.75, 3.05) is 18.5 Å². The fraction of sp³-hybridized carbons (Fsp3) is 0.150. The largest absolute Gasteiger partial charge is 0.475 e. The van der Waals surface area contributed by atoms with Gasteiger partial charge in [0.2, 0.25) is 5.88 Å². The number of urea groups is 1. The Bertz CT molecular complexity index is 947. The second kappa shape index (κ2) is 8.90. The van der Waals surface area contributed by atoms with Crippen molar-refractivity contribution in [2.45, 2.75) is 6.92 Å². The number of hydrogen-bond acceptors (Lipinski definition) is 4. The van der Waals surface area contributed by atoms with Gasteiger partial charge >= 0.3 is 6.03 Å². The van der Waals surface area contributed by atoms with E-state index in [1.165, 1.54) is 6.07 Å². The zero-order chi connectivity index (χ0) is 19.9. The molecule has 1 heterocycles. The van der Waals surface area contributed by atoms with Crippen LogP contribution in [0.2, 0.25) is 0 Å². The van der Waals surface area contributed by atoms with Gasteiger partial charge < -0.3 is 15.4 Å². The number of carbonyl (C=O) groups excluding carboxylic acids is 1. The molecule has 8 heteroatoms. The maximum atomic E-state index is 13.1. The number of nitrogens with zero attached hydrogens (tertiary/aromatic N) is 2. The zero-order valence-corrected chi connectivity index (χ0v) is 15.1. The van der Waals surface area contributed by atoms with Crippen molar-refractivity contribution in [3.05, 3.63) is 71.8 Å². The summed E-state index contributed by atoms with van der Waals surface area (Å²) in [5.41, 5.74) is 3.00. The number of carbonyl (C=O) groups is 1. The molecule has 2 N–H and O–H groups in total. The summed E-state index contributed by atoms with van der Waals surface area (Å²) in [4.78, 5) is 11.7. The number of halogens is 2. The van der Waals surface area contributed by atoms with Gasteiger partial charge in [0.25, 0.3) is 0 Å². The van der Waals surface area contributed by atoms with Crippen LogP contribution in [0.3, 0.4) is 0 Å². The van der Waals surface area contributed by atoms with Gasteiger partial charge in [-0.2, -0.15) is 0 Å². The minimum absolute atomic E-state index is 0.148. The zero-order valence-electron chi connectivity index (χ0n) is 15.1. The van der Waals surface area contributed by atoms with Crippen LogP contribution < -0.4 is 15.4 Å². The molecule has 0 spiro atoms. The normalized spacial score (nSPS) is 10.4. The second-order valence-electron chi connectivity index (χ2n) is 5.98. The predicted molar refractivity (Wildman–Crippen MR) is 101 cm³/mol. The predicted octanol–water partition coefficient (Wildman–Crippen LogP) is 3.93. The summed E-state index contributed by atoms with van der Waals surface area (Å²) in [5.74, 6) is -1.68. The molecule has 0 aliphatic rings. The van der Waals surface area contributed by atoms with Crippen molar-refractivity contribution >= 4 is 11.7 Å². The van der Waals surface area contributed by atoms with Crippen LogP contribution in [0.4, 0.5) is 19.3 Å². The number of amides is 2. The lowest BCUT2D eigenvalue weighted by molar-refractivity contribution is 0.246. The standard InChI is InChI=1S/C20H18F2N4O2/c1-13-2-4-14(5-3-13)18-8-9-19(26-25-18)28-11-10-23-20(27)24-15-6-7-16(21)17(22)12-15/h2-9,12H,10-11H2,1H3,(H2,23,24,27). The van der Waals surface area contributed by atoms with E-state index in [0.717, 1.165) is 29.0 Å². The van der Waals surface area contributed by atoms with Crippen molar-refractivity contribution in [1.29, 1.82) is 0 Å². The molecule has 2 amide bonds. The van der Waals surface area contributed by atoms with Gasteiger partial charge in [0, 0.05) is 23.4 Å². The van der Waals surface area contributed by atoms with Gasteiger partial charge in [-0.25, -0.2) is 13.6 Å². The minimum Gasteiger partial charge on any atom is -0.475 e. The molecule has 0 aliphatic carbocycles.